The van der Waals surface area contributed by atoms with E-state index < -0.39 is 0 Å². The third-order valence-electron chi connectivity index (χ3n) is 2.46. The summed E-state index contributed by atoms with van der Waals surface area (Å²) in [5.41, 5.74) is 1.70. The molecule has 2 aromatic carbocycles. The van der Waals surface area contributed by atoms with Gasteiger partial charge in [-0.2, -0.15) is 0 Å². The van der Waals surface area contributed by atoms with Crippen LogP contribution in [0, 0.1) is 6.92 Å². The Hall–Kier alpha value is -1.70. The molecule has 0 aliphatic carbocycles. The molecule has 0 atom stereocenters. The summed E-state index contributed by atoms with van der Waals surface area (Å²) < 4.78 is 0. The fraction of sp³-hybridized carbons (Fsp3) is 0.167. The summed E-state index contributed by atoms with van der Waals surface area (Å²) in [5, 5.41) is 15.1. The topological polar surface area (TPSA) is 32.3 Å². The third kappa shape index (κ3) is 1.20. The number of rotatable bonds is 1. The fourth-order valence-electron chi connectivity index (χ4n) is 1.73. The molecule has 0 amide bonds. The van der Waals surface area contributed by atoms with Gasteiger partial charge in [0, 0.05) is 12.4 Å². The average Bonchev–Trinajstić information content (AvgIpc) is 2.20. The number of phenolic OH excluding ortho intramolecular Hbond substituents is 1. The highest BCUT2D eigenvalue weighted by Gasteiger charge is 2.07. The molecule has 0 saturated carbocycles. The van der Waals surface area contributed by atoms with Crippen molar-refractivity contribution in [3.05, 3.63) is 35.9 Å². The fourth-order valence-corrected chi connectivity index (χ4v) is 1.73. The van der Waals surface area contributed by atoms with E-state index >= 15 is 0 Å². The van der Waals surface area contributed by atoms with Crippen molar-refractivity contribution < 1.29 is 5.11 Å². The Morgan fingerprint density at radius 1 is 1.21 bits per heavy atom. The van der Waals surface area contributed by atoms with Crippen molar-refractivity contribution in [3.8, 4) is 5.75 Å². The number of nitrogens with one attached hydrogen (secondary N) is 1. The number of hydrogen-bond acceptors (Lipinski definition) is 2. The maximum absolute atomic E-state index is 9.83. The maximum atomic E-state index is 9.83. The van der Waals surface area contributed by atoms with E-state index in [1.54, 1.807) is 0 Å². The lowest BCUT2D eigenvalue weighted by molar-refractivity contribution is 0.474. The van der Waals surface area contributed by atoms with Gasteiger partial charge in [-0.1, -0.05) is 24.3 Å². The molecule has 0 aliphatic heterocycles. The summed E-state index contributed by atoms with van der Waals surface area (Å²) in [7, 11) is 1.82. The van der Waals surface area contributed by atoms with Gasteiger partial charge in [0.15, 0.2) is 0 Å². The van der Waals surface area contributed by atoms with Gasteiger partial charge in [0.05, 0.1) is 5.69 Å². The van der Waals surface area contributed by atoms with Crippen LogP contribution < -0.4 is 5.32 Å². The Kier molecular flexibility index (Phi) is 2.04. The first kappa shape index (κ1) is 8.88. The van der Waals surface area contributed by atoms with Crippen LogP contribution in [-0.4, -0.2) is 12.2 Å². The normalized spacial score (nSPS) is 10.4. The van der Waals surface area contributed by atoms with E-state index in [4.69, 9.17) is 0 Å². The summed E-state index contributed by atoms with van der Waals surface area (Å²) in [5.74, 6) is 0.339. The van der Waals surface area contributed by atoms with Gasteiger partial charge in [0.2, 0.25) is 0 Å². The molecule has 72 valence electrons. The van der Waals surface area contributed by atoms with Crippen molar-refractivity contribution in [1.29, 1.82) is 0 Å². The number of aryl methyl sites for hydroxylation is 1. The zero-order valence-electron chi connectivity index (χ0n) is 8.33. The predicted molar refractivity (Wildman–Crippen MR) is 59.9 cm³/mol. The van der Waals surface area contributed by atoms with Crippen molar-refractivity contribution in [2.75, 3.05) is 12.4 Å². The zero-order valence-corrected chi connectivity index (χ0v) is 8.33. The molecule has 0 radical (unpaired) electrons. The Labute approximate surface area is 83.2 Å². The molecule has 0 aromatic heterocycles. The van der Waals surface area contributed by atoms with Gasteiger partial charge >= 0.3 is 0 Å². The van der Waals surface area contributed by atoms with Crippen LogP contribution in [0.15, 0.2) is 30.3 Å². The Morgan fingerprint density at radius 3 is 2.64 bits per heavy atom. The van der Waals surface area contributed by atoms with E-state index in [0.717, 1.165) is 22.0 Å². The predicted octanol–water partition coefficient (Wildman–Crippen LogP) is 2.90. The number of anilines is 1. The molecule has 0 heterocycles. The van der Waals surface area contributed by atoms with Crippen molar-refractivity contribution >= 4 is 16.5 Å². The van der Waals surface area contributed by atoms with E-state index in [-0.39, 0.29) is 0 Å². The second-order valence-corrected chi connectivity index (χ2v) is 3.39. The number of hydrogen-bond donors (Lipinski definition) is 2. The highest BCUT2D eigenvalue weighted by Crippen LogP contribution is 2.34. The molecule has 2 nitrogen and oxygen atoms in total. The highest BCUT2D eigenvalue weighted by atomic mass is 16.3. The van der Waals surface area contributed by atoms with E-state index in [0.29, 0.717) is 5.75 Å². The summed E-state index contributed by atoms with van der Waals surface area (Å²) in [6, 6.07) is 10.0. The molecule has 0 unspecified atom stereocenters. The van der Waals surface area contributed by atoms with Gasteiger partial charge in [-0.15, -0.1) is 0 Å². The van der Waals surface area contributed by atoms with E-state index in [1.807, 2.05) is 44.3 Å². The zero-order chi connectivity index (χ0) is 10.1. The SMILES string of the molecule is CNc1c(O)c(C)cc2ccccc12. The van der Waals surface area contributed by atoms with Crippen LogP contribution in [0.1, 0.15) is 5.56 Å². The standard InChI is InChI=1S/C12H13NO/c1-8-7-9-5-3-4-6-10(9)11(13-2)12(8)14/h3-7,13-14H,1-2H3. The van der Waals surface area contributed by atoms with E-state index in [2.05, 4.69) is 5.32 Å². The van der Waals surface area contributed by atoms with Crippen molar-refractivity contribution in [3.63, 3.8) is 0 Å². The quantitative estimate of drug-likeness (QED) is 0.673. The Morgan fingerprint density at radius 2 is 1.93 bits per heavy atom. The molecule has 0 saturated heterocycles. The number of aromatic hydroxyl groups is 1. The van der Waals surface area contributed by atoms with Gasteiger partial charge in [-0.3, -0.25) is 0 Å². The Balaban J connectivity index is 2.89. The van der Waals surface area contributed by atoms with Crippen LogP contribution in [0.25, 0.3) is 10.8 Å². The minimum absolute atomic E-state index is 0.339. The molecule has 2 rings (SSSR count). The highest BCUT2D eigenvalue weighted by molar-refractivity contribution is 5.97. The molecule has 14 heavy (non-hydrogen) atoms. The van der Waals surface area contributed by atoms with Gasteiger partial charge in [0.1, 0.15) is 5.75 Å². The lowest BCUT2D eigenvalue weighted by Crippen LogP contribution is -1.92. The average molecular weight is 187 g/mol. The monoisotopic (exact) mass is 187 g/mol. The summed E-state index contributed by atoms with van der Waals surface area (Å²) in [4.78, 5) is 0. The maximum Gasteiger partial charge on any atom is 0.142 e. The van der Waals surface area contributed by atoms with Gasteiger partial charge in [-0.25, -0.2) is 0 Å². The number of fused-ring (bicyclic) bond motifs is 1. The second kappa shape index (κ2) is 3.22. The van der Waals surface area contributed by atoms with Gasteiger partial charge in [0.25, 0.3) is 0 Å². The van der Waals surface area contributed by atoms with Crippen molar-refractivity contribution in [2.45, 2.75) is 6.92 Å². The van der Waals surface area contributed by atoms with Crippen LogP contribution in [0.4, 0.5) is 5.69 Å². The molecule has 2 heteroatoms. The second-order valence-electron chi connectivity index (χ2n) is 3.39. The van der Waals surface area contributed by atoms with Crippen LogP contribution >= 0.6 is 0 Å². The summed E-state index contributed by atoms with van der Waals surface area (Å²) in [6.45, 7) is 1.91. The molecular formula is C12H13NO. The smallest absolute Gasteiger partial charge is 0.142 e. The molecule has 0 bridgehead atoms. The van der Waals surface area contributed by atoms with Crippen molar-refractivity contribution in [2.24, 2.45) is 0 Å². The molecule has 2 aromatic rings. The van der Waals surface area contributed by atoms with Crippen LogP contribution in [0.3, 0.4) is 0 Å². The first-order valence-electron chi connectivity index (χ1n) is 4.63. The lowest BCUT2D eigenvalue weighted by Gasteiger charge is -2.10. The minimum atomic E-state index is 0.339. The third-order valence-corrected chi connectivity index (χ3v) is 2.46. The van der Waals surface area contributed by atoms with Crippen LogP contribution in [-0.2, 0) is 0 Å². The lowest BCUT2D eigenvalue weighted by atomic mass is 10.0. The largest absolute Gasteiger partial charge is 0.505 e. The number of phenols is 1. The molecule has 0 spiro atoms. The summed E-state index contributed by atoms with van der Waals surface area (Å²) in [6.07, 6.45) is 0. The molecule has 0 aliphatic rings. The molecule has 0 fully saturated rings. The van der Waals surface area contributed by atoms with Gasteiger partial charge in [-0.05, 0) is 23.9 Å². The molecule has 2 N–H and O–H groups in total. The summed E-state index contributed by atoms with van der Waals surface area (Å²) >= 11 is 0. The van der Waals surface area contributed by atoms with Gasteiger partial charge < -0.3 is 10.4 Å². The Bertz CT molecular complexity index is 477. The van der Waals surface area contributed by atoms with E-state index in [9.17, 15) is 5.11 Å². The minimum Gasteiger partial charge on any atom is -0.505 e. The molecular weight excluding hydrogens is 174 g/mol. The van der Waals surface area contributed by atoms with Crippen LogP contribution in [0.2, 0.25) is 0 Å². The van der Waals surface area contributed by atoms with Crippen molar-refractivity contribution in [1.82, 2.24) is 0 Å². The van der Waals surface area contributed by atoms with E-state index in [1.165, 1.54) is 0 Å². The first-order chi connectivity index (χ1) is 6.74. The number of benzene rings is 2. The first-order valence-corrected chi connectivity index (χ1v) is 4.63. The van der Waals surface area contributed by atoms with Crippen LogP contribution in [0.5, 0.6) is 5.75 Å².